The Kier molecular flexibility index (Phi) is 4.97. The van der Waals surface area contributed by atoms with Gasteiger partial charge in [-0.05, 0) is 49.6 Å². The van der Waals surface area contributed by atoms with Gasteiger partial charge in [0, 0.05) is 30.9 Å². The van der Waals surface area contributed by atoms with Crippen LogP contribution in [0.25, 0.3) is 0 Å². The lowest BCUT2D eigenvalue weighted by molar-refractivity contribution is 0.171. The molecule has 144 valence electrons. The van der Waals surface area contributed by atoms with Crippen LogP contribution in [0.2, 0.25) is 0 Å². The summed E-state index contributed by atoms with van der Waals surface area (Å²) in [5.41, 5.74) is 2.12. The molecule has 7 heteroatoms. The van der Waals surface area contributed by atoms with Crippen LogP contribution in [0.5, 0.6) is 11.5 Å². The molecule has 2 heterocycles. The summed E-state index contributed by atoms with van der Waals surface area (Å²) in [6, 6.07) is 12.5. The monoisotopic (exact) mass is 388 g/mol. The molecular weight excluding hydrogens is 364 g/mol. The molecule has 0 aliphatic carbocycles. The van der Waals surface area contributed by atoms with E-state index in [0.29, 0.717) is 24.7 Å². The fourth-order valence-corrected chi connectivity index (χ4v) is 4.76. The van der Waals surface area contributed by atoms with Crippen LogP contribution in [0.3, 0.4) is 0 Å². The number of hydrogen-bond donors (Lipinski definition) is 1. The number of nitrogens with one attached hydrogen (secondary N) is 1. The standard InChI is InChI=1S/C20H24N2O4S/c1-15(16-4-6-17(7-5-16)22-10-2-3-11-22)21-27(23,24)18-8-9-19-20(14-18)26-13-12-25-19/h4-9,14-15,21H,2-3,10-13H2,1H3/t15-/m1/s1. The molecule has 0 amide bonds. The van der Waals surface area contributed by atoms with Gasteiger partial charge in [0.2, 0.25) is 10.0 Å². The number of nitrogens with zero attached hydrogens (tertiary/aromatic N) is 1. The van der Waals surface area contributed by atoms with Crippen molar-refractivity contribution in [3.05, 3.63) is 48.0 Å². The summed E-state index contributed by atoms with van der Waals surface area (Å²) >= 11 is 0. The van der Waals surface area contributed by atoms with Gasteiger partial charge in [-0.15, -0.1) is 0 Å². The smallest absolute Gasteiger partial charge is 0.241 e. The number of hydrogen-bond acceptors (Lipinski definition) is 5. The highest BCUT2D eigenvalue weighted by Crippen LogP contribution is 2.32. The third-order valence-corrected chi connectivity index (χ3v) is 6.56. The number of ether oxygens (including phenoxy) is 2. The zero-order valence-corrected chi connectivity index (χ0v) is 16.2. The molecule has 2 aliphatic rings. The fourth-order valence-electron chi connectivity index (χ4n) is 3.51. The maximum absolute atomic E-state index is 12.8. The van der Waals surface area contributed by atoms with Crippen molar-refractivity contribution < 1.29 is 17.9 Å². The van der Waals surface area contributed by atoms with Gasteiger partial charge in [-0.1, -0.05) is 12.1 Å². The van der Waals surface area contributed by atoms with E-state index >= 15 is 0 Å². The molecule has 1 N–H and O–H groups in total. The predicted octanol–water partition coefficient (Wildman–Crippen LogP) is 3.10. The van der Waals surface area contributed by atoms with E-state index in [1.54, 1.807) is 12.1 Å². The first-order valence-electron chi connectivity index (χ1n) is 9.30. The molecular formula is C20H24N2O4S. The van der Waals surface area contributed by atoms with Gasteiger partial charge in [-0.25, -0.2) is 13.1 Å². The molecule has 0 radical (unpaired) electrons. The van der Waals surface area contributed by atoms with Crippen LogP contribution in [0.4, 0.5) is 5.69 Å². The number of sulfonamides is 1. The summed E-state index contributed by atoms with van der Waals surface area (Å²) in [4.78, 5) is 2.53. The Morgan fingerprint density at radius 2 is 1.63 bits per heavy atom. The highest BCUT2D eigenvalue weighted by molar-refractivity contribution is 7.89. The van der Waals surface area contributed by atoms with Gasteiger partial charge < -0.3 is 14.4 Å². The molecule has 27 heavy (non-hydrogen) atoms. The molecule has 6 nitrogen and oxygen atoms in total. The molecule has 4 rings (SSSR count). The molecule has 0 spiro atoms. The molecule has 2 aromatic rings. The fraction of sp³-hybridized carbons (Fsp3) is 0.400. The zero-order chi connectivity index (χ0) is 18.9. The van der Waals surface area contributed by atoms with Crippen LogP contribution in [0.15, 0.2) is 47.4 Å². The van der Waals surface area contributed by atoms with Crippen molar-refractivity contribution in [2.24, 2.45) is 0 Å². The van der Waals surface area contributed by atoms with Crippen LogP contribution >= 0.6 is 0 Å². The highest BCUT2D eigenvalue weighted by atomic mass is 32.2. The summed E-state index contributed by atoms with van der Waals surface area (Å²) in [5.74, 6) is 1.04. The summed E-state index contributed by atoms with van der Waals surface area (Å²) < 4.78 is 39.2. The van der Waals surface area contributed by atoms with Crippen molar-refractivity contribution in [3.8, 4) is 11.5 Å². The van der Waals surface area contributed by atoms with E-state index in [4.69, 9.17) is 9.47 Å². The van der Waals surface area contributed by atoms with E-state index in [1.807, 2.05) is 19.1 Å². The average molecular weight is 388 g/mol. The van der Waals surface area contributed by atoms with Crippen molar-refractivity contribution in [2.75, 3.05) is 31.2 Å². The Morgan fingerprint density at radius 1 is 0.963 bits per heavy atom. The molecule has 0 unspecified atom stereocenters. The highest BCUT2D eigenvalue weighted by Gasteiger charge is 2.22. The minimum absolute atomic E-state index is 0.173. The summed E-state index contributed by atoms with van der Waals surface area (Å²) in [6.07, 6.45) is 2.46. The molecule has 0 bridgehead atoms. The van der Waals surface area contributed by atoms with E-state index in [9.17, 15) is 8.42 Å². The van der Waals surface area contributed by atoms with E-state index in [2.05, 4.69) is 21.8 Å². The summed E-state index contributed by atoms with van der Waals surface area (Å²) in [6.45, 7) is 4.92. The Hall–Kier alpha value is -2.25. The minimum Gasteiger partial charge on any atom is -0.486 e. The second-order valence-corrected chi connectivity index (χ2v) is 8.65. The van der Waals surface area contributed by atoms with E-state index in [-0.39, 0.29) is 10.9 Å². The van der Waals surface area contributed by atoms with Crippen LogP contribution in [0, 0.1) is 0 Å². The topological polar surface area (TPSA) is 67.9 Å². The maximum Gasteiger partial charge on any atom is 0.241 e. The predicted molar refractivity (Wildman–Crippen MR) is 104 cm³/mol. The second-order valence-electron chi connectivity index (χ2n) is 6.93. The van der Waals surface area contributed by atoms with E-state index < -0.39 is 10.0 Å². The molecule has 2 aromatic carbocycles. The third-order valence-electron chi connectivity index (χ3n) is 5.02. The van der Waals surface area contributed by atoms with Crippen molar-refractivity contribution in [1.29, 1.82) is 0 Å². The van der Waals surface area contributed by atoms with Gasteiger partial charge in [-0.2, -0.15) is 0 Å². The van der Waals surface area contributed by atoms with Gasteiger partial charge in [0.05, 0.1) is 4.90 Å². The SMILES string of the molecule is C[C@@H](NS(=O)(=O)c1ccc2c(c1)OCCO2)c1ccc(N2CCCC2)cc1. The lowest BCUT2D eigenvalue weighted by Crippen LogP contribution is -2.27. The average Bonchev–Trinajstić information content (AvgIpc) is 3.22. The first-order valence-corrected chi connectivity index (χ1v) is 10.8. The van der Waals surface area contributed by atoms with Crippen molar-refractivity contribution >= 4 is 15.7 Å². The second kappa shape index (κ2) is 7.40. The number of rotatable bonds is 5. The number of fused-ring (bicyclic) bond motifs is 1. The molecule has 1 atom stereocenters. The molecule has 0 aromatic heterocycles. The van der Waals surface area contributed by atoms with E-state index in [1.165, 1.54) is 24.6 Å². The molecule has 1 saturated heterocycles. The van der Waals surface area contributed by atoms with Crippen molar-refractivity contribution in [3.63, 3.8) is 0 Å². The maximum atomic E-state index is 12.8. The molecule has 0 saturated carbocycles. The van der Waals surface area contributed by atoms with Crippen molar-refractivity contribution in [2.45, 2.75) is 30.7 Å². The quantitative estimate of drug-likeness (QED) is 0.853. The van der Waals surface area contributed by atoms with Gasteiger partial charge >= 0.3 is 0 Å². The van der Waals surface area contributed by atoms with Gasteiger partial charge in [0.15, 0.2) is 11.5 Å². The lowest BCUT2D eigenvalue weighted by Gasteiger charge is -2.21. The van der Waals surface area contributed by atoms with Gasteiger partial charge in [-0.3, -0.25) is 0 Å². The Balaban J connectivity index is 1.48. The Bertz CT molecular complexity index is 906. The zero-order valence-electron chi connectivity index (χ0n) is 15.3. The van der Waals surface area contributed by atoms with Crippen LogP contribution in [-0.2, 0) is 10.0 Å². The van der Waals surface area contributed by atoms with Crippen LogP contribution < -0.4 is 19.1 Å². The lowest BCUT2D eigenvalue weighted by atomic mass is 10.1. The largest absolute Gasteiger partial charge is 0.486 e. The Morgan fingerprint density at radius 3 is 2.33 bits per heavy atom. The van der Waals surface area contributed by atoms with Crippen LogP contribution in [-0.4, -0.2) is 34.7 Å². The third kappa shape index (κ3) is 3.89. The minimum atomic E-state index is -3.66. The first-order chi connectivity index (χ1) is 13.0. The number of benzene rings is 2. The van der Waals surface area contributed by atoms with Crippen molar-refractivity contribution in [1.82, 2.24) is 4.72 Å². The molecule has 2 aliphatic heterocycles. The molecule has 1 fully saturated rings. The normalized spacial score (nSPS) is 17.7. The summed E-state index contributed by atoms with van der Waals surface area (Å²) in [7, 11) is -3.66. The van der Waals surface area contributed by atoms with E-state index in [0.717, 1.165) is 18.7 Å². The summed E-state index contributed by atoms with van der Waals surface area (Å²) in [5, 5.41) is 0. The first kappa shape index (κ1) is 18.1. The Labute approximate surface area is 160 Å². The number of anilines is 1. The van der Waals surface area contributed by atoms with Crippen LogP contribution in [0.1, 0.15) is 31.4 Å². The van der Waals surface area contributed by atoms with Gasteiger partial charge in [0.25, 0.3) is 0 Å². The van der Waals surface area contributed by atoms with Gasteiger partial charge in [0.1, 0.15) is 13.2 Å².